The average Bonchev–Trinajstić information content (AvgIpc) is 3.06. The predicted molar refractivity (Wildman–Crippen MR) is 98.6 cm³/mol. The van der Waals surface area contributed by atoms with Crippen LogP contribution in [0, 0.1) is 11.3 Å². The molecule has 2 heterocycles. The molecular formula is C20H17N5O. The van der Waals surface area contributed by atoms with E-state index in [-0.39, 0.29) is 5.91 Å². The summed E-state index contributed by atoms with van der Waals surface area (Å²) in [6, 6.07) is 15.4. The fraction of sp³-hybridized carbons (Fsp3) is 0.200. The normalized spacial score (nSPS) is 13.8. The third kappa shape index (κ3) is 3.33. The van der Waals surface area contributed by atoms with Gasteiger partial charge in [-0.15, -0.1) is 0 Å². The Hall–Kier alpha value is -3.46. The highest BCUT2D eigenvalue weighted by Gasteiger charge is 2.19. The van der Waals surface area contributed by atoms with Gasteiger partial charge in [-0.05, 0) is 42.3 Å². The number of carbonyl (C=O) groups excluding carboxylic acids is 1. The first kappa shape index (κ1) is 16.0. The lowest BCUT2D eigenvalue weighted by molar-refractivity contribution is -0.128. The summed E-state index contributed by atoms with van der Waals surface area (Å²) in [7, 11) is 0. The van der Waals surface area contributed by atoms with Crippen LogP contribution in [0.3, 0.4) is 0 Å². The summed E-state index contributed by atoms with van der Waals surface area (Å²) in [5.74, 6) is 0.717. The second-order valence-electron chi connectivity index (χ2n) is 6.32. The molecule has 1 fully saturated rings. The fourth-order valence-corrected chi connectivity index (χ4v) is 3.13. The predicted octanol–water partition coefficient (Wildman–Crippen LogP) is 3.37. The molecule has 0 spiro atoms. The maximum absolute atomic E-state index is 11.8. The Kier molecular flexibility index (Phi) is 4.20. The minimum absolute atomic E-state index is 0.220. The molecule has 128 valence electrons. The highest BCUT2D eigenvalue weighted by atomic mass is 16.2. The number of aromatic nitrogens is 2. The van der Waals surface area contributed by atoms with Crippen molar-refractivity contribution >= 4 is 28.4 Å². The number of rotatable bonds is 4. The van der Waals surface area contributed by atoms with Crippen LogP contribution in [-0.4, -0.2) is 27.3 Å². The van der Waals surface area contributed by atoms with Gasteiger partial charge >= 0.3 is 0 Å². The Morgan fingerprint density at radius 2 is 2.15 bits per heavy atom. The van der Waals surface area contributed by atoms with Crippen molar-refractivity contribution in [3.05, 3.63) is 59.8 Å². The van der Waals surface area contributed by atoms with Crippen LogP contribution in [0.25, 0.3) is 10.9 Å². The molecular weight excluding hydrogens is 326 g/mol. The van der Waals surface area contributed by atoms with E-state index in [9.17, 15) is 4.79 Å². The molecule has 1 N–H and O–H groups in total. The number of fused-ring (bicyclic) bond motifs is 1. The SMILES string of the molecule is N#Cc1ccc2nc(Nc3cccc(CN4CCCC4=O)c3)ncc2c1. The largest absolute Gasteiger partial charge is 0.338 e. The van der Waals surface area contributed by atoms with Crippen molar-refractivity contribution in [3.8, 4) is 6.07 Å². The van der Waals surface area contributed by atoms with E-state index in [0.29, 0.717) is 24.5 Å². The Balaban J connectivity index is 1.53. The first-order valence-electron chi connectivity index (χ1n) is 8.52. The Bertz CT molecular complexity index is 1020. The number of nitriles is 1. The molecule has 0 bridgehead atoms. The van der Waals surface area contributed by atoms with Gasteiger partial charge in [0.05, 0.1) is 17.1 Å². The molecule has 1 aliphatic heterocycles. The van der Waals surface area contributed by atoms with Gasteiger partial charge in [-0.25, -0.2) is 9.97 Å². The van der Waals surface area contributed by atoms with E-state index in [4.69, 9.17) is 5.26 Å². The first-order valence-corrected chi connectivity index (χ1v) is 8.52. The average molecular weight is 343 g/mol. The Morgan fingerprint density at radius 3 is 2.96 bits per heavy atom. The van der Waals surface area contributed by atoms with Crippen LogP contribution in [0.5, 0.6) is 0 Å². The van der Waals surface area contributed by atoms with Crippen LogP contribution in [0.4, 0.5) is 11.6 Å². The standard InChI is InChI=1S/C20H17N5O/c21-11-14-6-7-18-16(9-14)12-22-20(24-18)23-17-4-1-3-15(10-17)13-25-8-2-5-19(25)26/h1,3-4,6-7,9-10,12H,2,5,8,13H2,(H,22,23,24). The Morgan fingerprint density at radius 1 is 1.23 bits per heavy atom. The molecule has 0 saturated carbocycles. The summed E-state index contributed by atoms with van der Waals surface area (Å²) in [6.45, 7) is 1.46. The monoisotopic (exact) mass is 343 g/mol. The van der Waals surface area contributed by atoms with E-state index in [1.807, 2.05) is 35.2 Å². The lowest BCUT2D eigenvalue weighted by Crippen LogP contribution is -2.23. The zero-order valence-corrected chi connectivity index (χ0v) is 14.1. The molecule has 6 nitrogen and oxygen atoms in total. The van der Waals surface area contributed by atoms with Gasteiger partial charge in [0, 0.05) is 36.8 Å². The van der Waals surface area contributed by atoms with E-state index in [0.717, 1.165) is 35.1 Å². The summed E-state index contributed by atoms with van der Waals surface area (Å²) in [5.41, 5.74) is 3.32. The van der Waals surface area contributed by atoms with Crippen LogP contribution in [-0.2, 0) is 11.3 Å². The van der Waals surface area contributed by atoms with Crippen LogP contribution in [0.15, 0.2) is 48.7 Å². The molecule has 1 amide bonds. The minimum Gasteiger partial charge on any atom is -0.338 e. The Labute approximate surface area is 151 Å². The number of anilines is 2. The molecule has 0 radical (unpaired) electrons. The highest BCUT2D eigenvalue weighted by Crippen LogP contribution is 2.20. The molecule has 0 atom stereocenters. The van der Waals surface area contributed by atoms with Crippen LogP contribution < -0.4 is 5.32 Å². The van der Waals surface area contributed by atoms with Gasteiger partial charge in [-0.2, -0.15) is 5.26 Å². The fourth-order valence-electron chi connectivity index (χ4n) is 3.13. The number of carbonyl (C=O) groups is 1. The van der Waals surface area contributed by atoms with Gasteiger partial charge < -0.3 is 10.2 Å². The van der Waals surface area contributed by atoms with Crippen molar-refractivity contribution < 1.29 is 4.79 Å². The number of hydrogen-bond acceptors (Lipinski definition) is 5. The van der Waals surface area contributed by atoms with Gasteiger partial charge in [0.2, 0.25) is 11.9 Å². The molecule has 1 saturated heterocycles. The zero-order valence-electron chi connectivity index (χ0n) is 14.1. The topological polar surface area (TPSA) is 81.9 Å². The quantitative estimate of drug-likeness (QED) is 0.785. The van der Waals surface area contributed by atoms with E-state index in [1.165, 1.54) is 0 Å². The lowest BCUT2D eigenvalue weighted by atomic mass is 10.2. The maximum atomic E-state index is 11.8. The second kappa shape index (κ2) is 6.81. The van der Waals surface area contributed by atoms with E-state index >= 15 is 0 Å². The van der Waals surface area contributed by atoms with E-state index in [1.54, 1.807) is 18.3 Å². The molecule has 0 unspecified atom stereocenters. The van der Waals surface area contributed by atoms with Gasteiger partial charge in [0.15, 0.2) is 0 Å². The maximum Gasteiger partial charge on any atom is 0.227 e. The number of hydrogen-bond donors (Lipinski definition) is 1. The third-order valence-electron chi connectivity index (χ3n) is 4.44. The molecule has 6 heteroatoms. The molecule has 1 aromatic heterocycles. The molecule has 0 aliphatic carbocycles. The summed E-state index contributed by atoms with van der Waals surface area (Å²) in [4.78, 5) is 22.5. The highest BCUT2D eigenvalue weighted by molar-refractivity contribution is 5.80. The molecule has 1 aliphatic rings. The summed E-state index contributed by atoms with van der Waals surface area (Å²) in [5, 5.41) is 13.0. The minimum atomic E-state index is 0.220. The van der Waals surface area contributed by atoms with Gasteiger partial charge in [-0.3, -0.25) is 4.79 Å². The summed E-state index contributed by atoms with van der Waals surface area (Å²) < 4.78 is 0. The van der Waals surface area contributed by atoms with Crippen molar-refractivity contribution in [2.24, 2.45) is 0 Å². The smallest absolute Gasteiger partial charge is 0.227 e. The molecule has 3 aromatic rings. The summed E-state index contributed by atoms with van der Waals surface area (Å²) in [6.07, 6.45) is 3.30. The number of likely N-dealkylation sites (tertiary alicyclic amines) is 1. The van der Waals surface area contributed by atoms with Crippen molar-refractivity contribution in [1.82, 2.24) is 14.9 Å². The van der Waals surface area contributed by atoms with Gasteiger partial charge in [0.25, 0.3) is 0 Å². The lowest BCUT2D eigenvalue weighted by Gasteiger charge is -2.16. The van der Waals surface area contributed by atoms with Crippen molar-refractivity contribution in [1.29, 1.82) is 5.26 Å². The number of benzene rings is 2. The second-order valence-corrected chi connectivity index (χ2v) is 6.32. The van der Waals surface area contributed by atoms with Gasteiger partial charge in [0.1, 0.15) is 0 Å². The van der Waals surface area contributed by atoms with Crippen molar-refractivity contribution in [3.63, 3.8) is 0 Å². The van der Waals surface area contributed by atoms with E-state index < -0.39 is 0 Å². The summed E-state index contributed by atoms with van der Waals surface area (Å²) >= 11 is 0. The first-order chi connectivity index (χ1) is 12.7. The van der Waals surface area contributed by atoms with Crippen molar-refractivity contribution in [2.45, 2.75) is 19.4 Å². The molecule has 26 heavy (non-hydrogen) atoms. The molecule has 4 rings (SSSR count). The van der Waals surface area contributed by atoms with Gasteiger partial charge in [-0.1, -0.05) is 12.1 Å². The number of amides is 1. The van der Waals surface area contributed by atoms with E-state index in [2.05, 4.69) is 21.4 Å². The van der Waals surface area contributed by atoms with Crippen molar-refractivity contribution in [2.75, 3.05) is 11.9 Å². The zero-order chi connectivity index (χ0) is 17.9. The van der Waals surface area contributed by atoms with Crippen LogP contribution >= 0.6 is 0 Å². The molecule has 2 aromatic carbocycles. The number of nitrogens with zero attached hydrogens (tertiary/aromatic N) is 4. The van der Waals surface area contributed by atoms with Crippen LogP contribution in [0.2, 0.25) is 0 Å². The number of nitrogens with one attached hydrogen (secondary N) is 1. The third-order valence-corrected chi connectivity index (χ3v) is 4.44. The van der Waals surface area contributed by atoms with Crippen LogP contribution in [0.1, 0.15) is 24.0 Å².